The fraction of sp³-hybridized carbons (Fsp3) is 0.316. The van der Waals surface area contributed by atoms with Crippen molar-refractivity contribution in [2.24, 2.45) is 0 Å². The first-order chi connectivity index (χ1) is 12.7. The highest BCUT2D eigenvalue weighted by Gasteiger charge is 2.28. The van der Waals surface area contributed by atoms with E-state index >= 15 is 0 Å². The molecule has 8 heteroatoms. The predicted octanol–water partition coefficient (Wildman–Crippen LogP) is 4.19. The molecule has 2 rings (SSSR count). The Morgan fingerprint density at radius 1 is 1.15 bits per heavy atom. The first kappa shape index (κ1) is 20.6. The van der Waals surface area contributed by atoms with Gasteiger partial charge < -0.3 is 14.8 Å². The van der Waals surface area contributed by atoms with E-state index in [2.05, 4.69) is 5.32 Å². The number of esters is 2. The molecule has 0 spiro atoms. The molecular weight excluding hydrogens is 373 g/mol. The lowest BCUT2D eigenvalue weighted by Crippen LogP contribution is -2.15. The highest BCUT2D eigenvalue weighted by atomic mass is 32.1. The van der Waals surface area contributed by atoms with E-state index in [-0.39, 0.29) is 33.7 Å². The number of halogens is 1. The highest BCUT2D eigenvalue weighted by molar-refractivity contribution is 7.18. The van der Waals surface area contributed by atoms with Gasteiger partial charge in [-0.15, -0.1) is 11.3 Å². The maximum absolute atomic E-state index is 13.0. The number of benzene rings is 1. The minimum atomic E-state index is -0.649. The number of ether oxygens (including phenoxy) is 2. The van der Waals surface area contributed by atoms with Crippen LogP contribution in [0.2, 0.25) is 0 Å². The normalized spacial score (nSPS) is 10.6. The van der Waals surface area contributed by atoms with Gasteiger partial charge in [0.1, 0.15) is 15.7 Å². The van der Waals surface area contributed by atoms with E-state index in [0.29, 0.717) is 5.56 Å². The van der Waals surface area contributed by atoms with Crippen LogP contribution in [0.25, 0.3) is 0 Å². The minimum Gasteiger partial charge on any atom is -0.462 e. The smallest absolute Gasteiger partial charge is 0.348 e. The molecule has 0 aliphatic rings. The fourth-order valence-electron chi connectivity index (χ4n) is 2.29. The number of amides is 1. The zero-order valence-corrected chi connectivity index (χ0v) is 16.2. The molecule has 2 aromatic rings. The number of carbonyl (C=O) groups excluding carboxylic acids is 3. The SMILES string of the molecule is CCOC(=O)c1c(NC(=O)c2ccc(F)cc2)sc(C(=O)OC(C)C)c1C. The Kier molecular flexibility index (Phi) is 6.68. The number of anilines is 1. The largest absolute Gasteiger partial charge is 0.462 e. The third-order valence-electron chi connectivity index (χ3n) is 3.49. The molecule has 0 radical (unpaired) electrons. The molecule has 0 aliphatic carbocycles. The van der Waals surface area contributed by atoms with Crippen LogP contribution in [0.3, 0.4) is 0 Å². The molecule has 0 saturated carbocycles. The van der Waals surface area contributed by atoms with E-state index in [1.54, 1.807) is 27.7 Å². The molecule has 0 unspecified atom stereocenters. The third-order valence-corrected chi connectivity index (χ3v) is 4.68. The van der Waals surface area contributed by atoms with Crippen LogP contribution in [-0.2, 0) is 9.47 Å². The van der Waals surface area contributed by atoms with Crippen molar-refractivity contribution in [1.82, 2.24) is 0 Å². The van der Waals surface area contributed by atoms with Gasteiger partial charge >= 0.3 is 11.9 Å². The summed E-state index contributed by atoms with van der Waals surface area (Å²) < 4.78 is 23.3. The summed E-state index contributed by atoms with van der Waals surface area (Å²) in [5.74, 6) is -2.24. The summed E-state index contributed by atoms with van der Waals surface area (Å²) in [6.07, 6.45) is -0.331. The van der Waals surface area contributed by atoms with Crippen LogP contribution in [0.4, 0.5) is 9.39 Å². The van der Waals surface area contributed by atoms with Crippen molar-refractivity contribution >= 4 is 34.2 Å². The number of thiophene rings is 1. The van der Waals surface area contributed by atoms with Crippen LogP contribution >= 0.6 is 11.3 Å². The molecular formula is C19H20FNO5S. The Bertz CT molecular complexity index is 858. The Morgan fingerprint density at radius 2 is 1.78 bits per heavy atom. The highest BCUT2D eigenvalue weighted by Crippen LogP contribution is 2.34. The standard InChI is InChI=1S/C19H20FNO5S/c1-5-25-18(23)14-11(4)15(19(24)26-10(2)3)27-17(14)21-16(22)12-6-8-13(20)9-7-12/h6-10H,5H2,1-4H3,(H,21,22). The molecule has 1 aromatic heterocycles. The molecule has 6 nitrogen and oxygen atoms in total. The monoisotopic (exact) mass is 393 g/mol. The van der Waals surface area contributed by atoms with E-state index in [0.717, 1.165) is 23.5 Å². The van der Waals surface area contributed by atoms with E-state index < -0.39 is 23.7 Å². The van der Waals surface area contributed by atoms with Gasteiger partial charge in [0.25, 0.3) is 5.91 Å². The molecule has 1 N–H and O–H groups in total. The average molecular weight is 393 g/mol. The molecule has 144 valence electrons. The Morgan fingerprint density at radius 3 is 2.33 bits per heavy atom. The number of carbonyl (C=O) groups is 3. The number of hydrogen-bond donors (Lipinski definition) is 1. The fourth-order valence-corrected chi connectivity index (χ4v) is 3.36. The Balaban J connectivity index is 2.40. The van der Waals surface area contributed by atoms with Gasteiger partial charge in [-0.3, -0.25) is 4.79 Å². The first-order valence-corrected chi connectivity index (χ1v) is 9.14. The van der Waals surface area contributed by atoms with Gasteiger partial charge in [-0.2, -0.15) is 0 Å². The number of hydrogen-bond acceptors (Lipinski definition) is 6. The van der Waals surface area contributed by atoms with Crippen LogP contribution in [0.15, 0.2) is 24.3 Å². The van der Waals surface area contributed by atoms with Gasteiger partial charge in [-0.25, -0.2) is 14.0 Å². The molecule has 1 amide bonds. The topological polar surface area (TPSA) is 81.7 Å². The van der Waals surface area contributed by atoms with E-state index in [4.69, 9.17) is 9.47 Å². The van der Waals surface area contributed by atoms with Gasteiger partial charge in [0.15, 0.2) is 0 Å². The second-order valence-electron chi connectivity index (χ2n) is 5.90. The van der Waals surface area contributed by atoms with Crippen molar-refractivity contribution in [2.45, 2.75) is 33.8 Å². The summed E-state index contributed by atoms with van der Waals surface area (Å²) >= 11 is 0.935. The number of nitrogens with one attached hydrogen (secondary N) is 1. The lowest BCUT2D eigenvalue weighted by Gasteiger charge is -2.07. The number of rotatable bonds is 6. The molecule has 1 aromatic carbocycles. The summed E-state index contributed by atoms with van der Waals surface area (Å²) in [7, 11) is 0. The molecule has 0 saturated heterocycles. The van der Waals surface area contributed by atoms with Crippen LogP contribution in [0.5, 0.6) is 0 Å². The Labute approximate surface area is 160 Å². The zero-order valence-electron chi connectivity index (χ0n) is 15.4. The summed E-state index contributed by atoms with van der Waals surface area (Å²) in [6.45, 7) is 6.82. The lowest BCUT2D eigenvalue weighted by atomic mass is 10.1. The summed E-state index contributed by atoms with van der Waals surface area (Å²) in [6, 6.07) is 4.96. The van der Waals surface area contributed by atoms with Crippen molar-refractivity contribution in [1.29, 1.82) is 0 Å². The van der Waals surface area contributed by atoms with Gasteiger partial charge in [0.2, 0.25) is 0 Å². The summed E-state index contributed by atoms with van der Waals surface area (Å²) in [5, 5.41) is 2.78. The van der Waals surface area contributed by atoms with E-state index in [1.807, 2.05) is 0 Å². The van der Waals surface area contributed by atoms with Crippen molar-refractivity contribution < 1.29 is 28.2 Å². The quantitative estimate of drug-likeness (QED) is 0.744. The van der Waals surface area contributed by atoms with Gasteiger partial charge in [0.05, 0.1) is 18.3 Å². The first-order valence-electron chi connectivity index (χ1n) is 8.33. The second kappa shape index (κ2) is 8.77. The molecule has 1 heterocycles. The van der Waals surface area contributed by atoms with Crippen LogP contribution < -0.4 is 5.32 Å². The Hall–Kier alpha value is -2.74. The molecule has 0 bridgehead atoms. The van der Waals surface area contributed by atoms with Crippen LogP contribution in [0.1, 0.15) is 56.7 Å². The van der Waals surface area contributed by atoms with Crippen molar-refractivity contribution in [3.05, 3.63) is 51.7 Å². The molecule has 0 fully saturated rings. The van der Waals surface area contributed by atoms with E-state index in [9.17, 15) is 18.8 Å². The van der Waals surface area contributed by atoms with E-state index in [1.165, 1.54) is 12.1 Å². The zero-order chi connectivity index (χ0) is 20.1. The molecule has 27 heavy (non-hydrogen) atoms. The second-order valence-corrected chi connectivity index (χ2v) is 6.92. The summed E-state index contributed by atoms with van der Waals surface area (Å²) in [5.41, 5.74) is 0.690. The van der Waals surface area contributed by atoms with Crippen LogP contribution in [0, 0.1) is 12.7 Å². The van der Waals surface area contributed by atoms with Crippen molar-refractivity contribution in [3.63, 3.8) is 0 Å². The van der Waals surface area contributed by atoms with Crippen molar-refractivity contribution in [2.75, 3.05) is 11.9 Å². The maximum atomic E-state index is 13.0. The summed E-state index contributed by atoms with van der Waals surface area (Å²) in [4.78, 5) is 37.3. The van der Waals surface area contributed by atoms with Crippen molar-refractivity contribution in [3.8, 4) is 0 Å². The lowest BCUT2D eigenvalue weighted by molar-refractivity contribution is 0.0383. The van der Waals surface area contributed by atoms with Crippen LogP contribution in [-0.4, -0.2) is 30.6 Å². The van der Waals surface area contributed by atoms with Gasteiger partial charge in [-0.05, 0) is 57.5 Å². The molecule has 0 atom stereocenters. The third kappa shape index (κ3) is 4.91. The van der Waals surface area contributed by atoms with Gasteiger partial charge in [-0.1, -0.05) is 0 Å². The molecule has 0 aliphatic heterocycles. The maximum Gasteiger partial charge on any atom is 0.348 e. The average Bonchev–Trinajstić information content (AvgIpc) is 2.91. The predicted molar refractivity (Wildman–Crippen MR) is 99.9 cm³/mol. The minimum absolute atomic E-state index is 0.105. The van der Waals surface area contributed by atoms with Gasteiger partial charge in [0, 0.05) is 5.56 Å².